The van der Waals surface area contributed by atoms with Crippen LogP contribution >= 0.6 is 0 Å². The van der Waals surface area contributed by atoms with Crippen molar-refractivity contribution < 1.29 is 9.84 Å². The van der Waals surface area contributed by atoms with Gasteiger partial charge >= 0.3 is 0 Å². The lowest BCUT2D eigenvalue weighted by Gasteiger charge is -2.14. The molecule has 116 valence electrons. The summed E-state index contributed by atoms with van der Waals surface area (Å²) in [5.41, 5.74) is 4.90. The van der Waals surface area contributed by atoms with Crippen molar-refractivity contribution in [3.63, 3.8) is 0 Å². The Hall–Kier alpha value is -2.22. The van der Waals surface area contributed by atoms with Crippen LogP contribution in [0.25, 0.3) is 0 Å². The van der Waals surface area contributed by atoms with Crippen molar-refractivity contribution in [2.75, 3.05) is 7.11 Å². The first kappa shape index (κ1) is 16.2. The molecule has 0 spiro atoms. The highest BCUT2D eigenvalue weighted by atomic mass is 16.5. The van der Waals surface area contributed by atoms with Crippen LogP contribution in [-0.2, 0) is 19.3 Å². The molecule has 0 heterocycles. The van der Waals surface area contributed by atoms with Crippen LogP contribution in [-0.4, -0.2) is 12.2 Å². The van der Waals surface area contributed by atoms with E-state index in [1.165, 1.54) is 11.1 Å². The fourth-order valence-corrected chi connectivity index (χ4v) is 2.55. The Kier molecular flexibility index (Phi) is 5.65. The first-order valence-electron chi connectivity index (χ1n) is 7.66. The fourth-order valence-electron chi connectivity index (χ4n) is 2.55. The number of benzene rings is 2. The summed E-state index contributed by atoms with van der Waals surface area (Å²) in [6.45, 7) is 4.19. The third kappa shape index (κ3) is 4.39. The summed E-state index contributed by atoms with van der Waals surface area (Å²) in [5.74, 6) is 1.03. The molecule has 0 saturated carbocycles. The number of aryl methyl sites for hydroxylation is 2. The molecule has 0 aliphatic carbocycles. The van der Waals surface area contributed by atoms with Crippen molar-refractivity contribution in [1.82, 2.24) is 0 Å². The lowest BCUT2D eigenvalue weighted by atomic mass is 9.96. The van der Waals surface area contributed by atoms with Gasteiger partial charge < -0.3 is 9.84 Å². The van der Waals surface area contributed by atoms with Crippen LogP contribution < -0.4 is 4.74 Å². The highest BCUT2D eigenvalue weighted by molar-refractivity contribution is 5.47. The molecule has 2 aromatic carbocycles. The van der Waals surface area contributed by atoms with Crippen molar-refractivity contribution in [2.24, 2.45) is 0 Å². The molecule has 0 aliphatic heterocycles. The van der Waals surface area contributed by atoms with Gasteiger partial charge in [-0.05, 0) is 50.3 Å². The summed E-state index contributed by atoms with van der Waals surface area (Å²) >= 11 is 0. The van der Waals surface area contributed by atoms with Crippen LogP contribution in [0.4, 0.5) is 0 Å². The average Bonchev–Trinajstić information content (AvgIpc) is 2.52. The van der Waals surface area contributed by atoms with Gasteiger partial charge in [0.1, 0.15) is 11.5 Å². The molecule has 2 aromatic rings. The number of rotatable bonds is 6. The molecule has 0 aromatic heterocycles. The third-order valence-electron chi connectivity index (χ3n) is 3.75. The summed E-state index contributed by atoms with van der Waals surface area (Å²) < 4.78 is 5.46. The zero-order valence-corrected chi connectivity index (χ0v) is 13.6. The largest absolute Gasteiger partial charge is 0.508 e. The van der Waals surface area contributed by atoms with Gasteiger partial charge in [0.05, 0.1) is 7.11 Å². The minimum Gasteiger partial charge on any atom is -0.508 e. The van der Waals surface area contributed by atoms with Gasteiger partial charge in [-0.3, -0.25) is 0 Å². The van der Waals surface area contributed by atoms with E-state index in [2.05, 4.69) is 44.2 Å². The second kappa shape index (κ2) is 7.69. The zero-order chi connectivity index (χ0) is 15.9. The summed E-state index contributed by atoms with van der Waals surface area (Å²) in [6, 6.07) is 14.0. The van der Waals surface area contributed by atoms with Crippen molar-refractivity contribution in [3.05, 3.63) is 70.8 Å². The van der Waals surface area contributed by atoms with E-state index < -0.39 is 0 Å². The average molecular weight is 296 g/mol. The summed E-state index contributed by atoms with van der Waals surface area (Å²) in [5, 5.41) is 9.93. The highest BCUT2D eigenvalue weighted by Gasteiger charge is 2.11. The number of aromatic hydroxyl groups is 1. The smallest absolute Gasteiger partial charge is 0.126 e. The molecule has 2 heteroatoms. The molecule has 0 radical (unpaired) electrons. The van der Waals surface area contributed by atoms with Gasteiger partial charge in [0.25, 0.3) is 0 Å². The van der Waals surface area contributed by atoms with E-state index in [0.29, 0.717) is 0 Å². The Bertz CT molecular complexity index is 638. The Morgan fingerprint density at radius 2 is 1.82 bits per heavy atom. The van der Waals surface area contributed by atoms with Gasteiger partial charge in [0.15, 0.2) is 0 Å². The van der Waals surface area contributed by atoms with Crippen molar-refractivity contribution in [1.29, 1.82) is 0 Å². The minimum absolute atomic E-state index is 0.265. The van der Waals surface area contributed by atoms with Crippen LogP contribution in [0.3, 0.4) is 0 Å². The van der Waals surface area contributed by atoms with Crippen molar-refractivity contribution >= 4 is 0 Å². The summed E-state index contributed by atoms with van der Waals surface area (Å²) in [4.78, 5) is 0. The molecule has 0 fully saturated rings. The number of phenols is 1. The minimum atomic E-state index is 0.265. The first-order valence-corrected chi connectivity index (χ1v) is 7.66. The number of methoxy groups -OCH3 is 1. The predicted octanol–water partition coefficient (Wildman–Crippen LogP) is 4.69. The van der Waals surface area contributed by atoms with E-state index in [1.54, 1.807) is 13.2 Å². The van der Waals surface area contributed by atoms with E-state index in [9.17, 15) is 5.11 Å². The van der Waals surface area contributed by atoms with Crippen molar-refractivity contribution in [3.8, 4) is 11.5 Å². The second-order valence-corrected chi connectivity index (χ2v) is 5.76. The topological polar surface area (TPSA) is 29.5 Å². The van der Waals surface area contributed by atoms with Gasteiger partial charge in [-0.2, -0.15) is 0 Å². The standard InChI is InChI=1S/C20H24O2/c1-15(2)9-12-19-17(13-18(21)14-20(19)22-3)11-10-16-7-5-4-6-8-16/h4-9,13-14,21H,10-12H2,1-3H3. The maximum Gasteiger partial charge on any atom is 0.126 e. The quantitative estimate of drug-likeness (QED) is 0.783. The summed E-state index contributed by atoms with van der Waals surface area (Å²) in [6.07, 6.45) is 4.87. The number of allylic oxidation sites excluding steroid dienone is 2. The maximum atomic E-state index is 9.93. The molecule has 2 rings (SSSR count). The van der Waals surface area contributed by atoms with Crippen LogP contribution in [0, 0.1) is 0 Å². The molecule has 2 nitrogen and oxygen atoms in total. The van der Waals surface area contributed by atoms with Gasteiger partial charge in [0.2, 0.25) is 0 Å². The number of phenolic OH excluding ortho intramolecular Hbond substituents is 1. The first-order chi connectivity index (χ1) is 10.6. The Morgan fingerprint density at radius 3 is 2.45 bits per heavy atom. The normalized spacial score (nSPS) is 10.3. The lowest BCUT2D eigenvalue weighted by Crippen LogP contribution is -2.00. The second-order valence-electron chi connectivity index (χ2n) is 5.76. The van der Waals surface area contributed by atoms with Gasteiger partial charge in [-0.1, -0.05) is 42.0 Å². The van der Waals surface area contributed by atoms with E-state index in [0.717, 1.165) is 36.1 Å². The molecular formula is C20H24O2. The van der Waals surface area contributed by atoms with Crippen LogP contribution in [0.2, 0.25) is 0 Å². The lowest BCUT2D eigenvalue weighted by molar-refractivity contribution is 0.402. The third-order valence-corrected chi connectivity index (χ3v) is 3.75. The molecule has 0 unspecified atom stereocenters. The Morgan fingerprint density at radius 1 is 1.09 bits per heavy atom. The van der Waals surface area contributed by atoms with Gasteiger partial charge in [0, 0.05) is 11.6 Å². The molecular weight excluding hydrogens is 272 g/mol. The SMILES string of the molecule is COc1cc(O)cc(CCc2ccccc2)c1CC=C(C)C. The molecule has 1 N–H and O–H groups in total. The molecule has 22 heavy (non-hydrogen) atoms. The number of hydrogen-bond donors (Lipinski definition) is 1. The molecule has 0 saturated heterocycles. The summed E-state index contributed by atoms with van der Waals surface area (Å²) in [7, 11) is 1.65. The van der Waals surface area contributed by atoms with E-state index >= 15 is 0 Å². The number of ether oxygens (including phenoxy) is 1. The predicted molar refractivity (Wildman–Crippen MR) is 91.6 cm³/mol. The zero-order valence-electron chi connectivity index (χ0n) is 13.6. The van der Waals surface area contributed by atoms with E-state index in [4.69, 9.17) is 4.74 Å². The Balaban J connectivity index is 2.27. The highest BCUT2D eigenvalue weighted by Crippen LogP contribution is 2.30. The fraction of sp³-hybridized carbons (Fsp3) is 0.300. The van der Waals surface area contributed by atoms with Crippen molar-refractivity contribution in [2.45, 2.75) is 33.1 Å². The molecule has 0 atom stereocenters. The molecule has 0 bridgehead atoms. The van der Waals surface area contributed by atoms with E-state index in [1.807, 2.05) is 12.1 Å². The van der Waals surface area contributed by atoms with Crippen LogP contribution in [0.15, 0.2) is 54.1 Å². The van der Waals surface area contributed by atoms with Crippen LogP contribution in [0.5, 0.6) is 11.5 Å². The monoisotopic (exact) mass is 296 g/mol. The number of hydrogen-bond acceptors (Lipinski definition) is 2. The van der Waals surface area contributed by atoms with Crippen LogP contribution in [0.1, 0.15) is 30.5 Å². The molecule has 0 aliphatic rings. The molecule has 0 amide bonds. The Labute approximate surface area is 133 Å². The van der Waals surface area contributed by atoms with Gasteiger partial charge in [-0.25, -0.2) is 0 Å². The van der Waals surface area contributed by atoms with Gasteiger partial charge in [-0.15, -0.1) is 0 Å². The maximum absolute atomic E-state index is 9.93. The van der Waals surface area contributed by atoms with E-state index in [-0.39, 0.29) is 5.75 Å².